The number of aromatic amines is 1. The summed E-state index contributed by atoms with van der Waals surface area (Å²) in [6.07, 6.45) is 5.82. The van der Waals surface area contributed by atoms with Gasteiger partial charge in [0.05, 0.1) is 27.7 Å². The first kappa shape index (κ1) is 24.8. The average molecular weight is 541 g/mol. The lowest BCUT2D eigenvalue weighted by molar-refractivity contribution is 0.0918. The van der Waals surface area contributed by atoms with Gasteiger partial charge in [-0.1, -0.05) is 41.9 Å². The average Bonchev–Trinajstić information content (AvgIpc) is 2.92. The molecule has 0 aliphatic heterocycles. The fraction of sp³-hybridized carbons (Fsp3) is 0.207. The van der Waals surface area contributed by atoms with Crippen LogP contribution in [0.3, 0.4) is 0 Å². The Kier molecular flexibility index (Phi) is 6.36. The molecule has 3 N–H and O–H groups in total. The van der Waals surface area contributed by atoms with Gasteiger partial charge in [-0.2, -0.15) is 0 Å². The first-order valence-electron chi connectivity index (χ1n) is 12.8. The van der Waals surface area contributed by atoms with Crippen LogP contribution in [0.15, 0.2) is 76.7 Å². The van der Waals surface area contributed by atoms with Crippen molar-refractivity contribution in [3.8, 4) is 5.69 Å². The van der Waals surface area contributed by atoms with Crippen LogP contribution in [0.1, 0.15) is 48.3 Å². The van der Waals surface area contributed by atoms with Crippen molar-refractivity contribution in [2.45, 2.75) is 38.3 Å². The Labute approximate surface area is 227 Å². The summed E-state index contributed by atoms with van der Waals surface area (Å²) in [5, 5.41) is 7.65. The molecular formula is C29H25ClN6O3. The van der Waals surface area contributed by atoms with Gasteiger partial charge < -0.3 is 15.6 Å². The number of nitrogens with zero attached hydrogens (tertiary/aromatic N) is 3. The highest BCUT2D eigenvalue weighted by molar-refractivity contribution is 6.36. The van der Waals surface area contributed by atoms with Crippen LogP contribution >= 0.6 is 11.6 Å². The van der Waals surface area contributed by atoms with E-state index >= 15 is 0 Å². The van der Waals surface area contributed by atoms with E-state index < -0.39 is 6.04 Å². The van der Waals surface area contributed by atoms with Gasteiger partial charge in [-0.25, -0.2) is 9.97 Å². The maximum atomic E-state index is 14.2. The van der Waals surface area contributed by atoms with E-state index in [4.69, 9.17) is 11.6 Å². The normalized spacial score (nSPS) is 14.2. The molecule has 1 fully saturated rings. The molecule has 0 unspecified atom stereocenters. The van der Waals surface area contributed by atoms with E-state index in [9.17, 15) is 14.4 Å². The quantitative estimate of drug-likeness (QED) is 0.286. The highest BCUT2D eigenvalue weighted by atomic mass is 35.5. The number of hydrogen-bond acceptors (Lipinski definition) is 6. The molecular weight excluding hydrogens is 516 g/mol. The van der Waals surface area contributed by atoms with Crippen molar-refractivity contribution in [3.05, 3.63) is 104 Å². The van der Waals surface area contributed by atoms with Gasteiger partial charge in [0.15, 0.2) is 5.43 Å². The minimum atomic E-state index is -0.569. The van der Waals surface area contributed by atoms with Gasteiger partial charge in [0.2, 0.25) is 0 Å². The zero-order valence-corrected chi connectivity index (χ0v) is 21.8. The lowest BCUT2D eigenvalue weighted by Crippen LogP contribution is -2.40. The second-order valence-corrected chi connectivity index (χ2v) is 10.0. The monoisotopic (exact) mass is 540 g/mol. The maximum absolute atomic E-state index is 14.2. The van der Waals surface area contributed by atoms with Crippen LogP contribution in [0.4, 0.5) is 5.82 Å². The molecule has 6 rings (SSSR count). The summed E-state index contributed by atoms with van der Waals surface area (Å²) in [6, 6.07) is 15.2. The van der Waals surface area contributed by atoms with E-state index in [0.717, 1.165) is 19.3 Å². The number of nitrogens with one attached hydrogen (secondary N) is 3. The molecule has 1 atom stereocenters. The number of carbonyl (C=O) groups is 1. The molecule has 10 heteroatoms. The summed E-state index contributed by atoms with van der Waals surface area (Å²) in [7, 11) is 0. The van der Waals surface area contributed by atoms with E-state index in [1.54, 1.807) is 18.2 Å². The van der Waals surface area contributed by atoms with E-state index in [0.29, 0.717) is 38.6 Å². The lowest BCUT2D eigenvalue weighted by atomic mass is 9.92. The fourth-order valence-electron chi connectivity index (χ4n) is 5.04. The molecule has 1 saturated carbocycles. The van der Waals surface area contributed by atoms with E-state index in [1.807, 2.05) is 37.3 Å². The molecule has 3 aromatic heterocycles. The minimum Gasteiger partial charge on any atom is -0.361 e. The Morgan fingerprint density at radius 1 is 1.05 bits per heavy atom. The number of halogens is 1. The second-order valence-electron chi connectivity index (χ2n) is 9.66. The number of anilines is 1. The van der Waals surface area contributed by atoms with Crippen molar-refractivity contribution < 1.29 is 4.79 Å². The molecule has 0 spiro atoms. The summed E-state index contributed by atoms with van der Waals surface area (Å²) in [4.78, 5) is 51.5. The van der Waals surface area contributed by atoms with Gasteiger partial charge in [-0.15, -0.1) is 0 Å². The van der Waals surface area contributed by atoms with Crippen LogP contribution in [0.5, 0.6) is 0 Å². The van der Waals surface area contributed by atoms with Crippen molar-refractivity contribution in [2.24, 2.45) is 0 Å². The van der Waals surface area contributed by atoms with Crippen molar-refractivity contribution in [1.29, 1.82) is 0 Å². The van der Waals surface area contributed by atoms with E-state index in [-0.39, 0.29) is 33.9 Å². The fourth-order valence-corrected chi connectivity index (χ4v) is 5.44. The Bertz CT molecular complexity index is 1840. The number of amides is 1. The number of carbonyl (C=O) groups excluding carboxylic acids is 1. The molecule has 0 saturated heterocycles. The Hall–Kier alpha value is -4.50. The van der Waals surface area contributed by atoms with Gasteiger partial charge >= 0.3 is 0 Å². The topological polar surface area (TPSA) is 122 Å². The summed E-state index contributed by atoms with van der Waals surface area (Å²) in [5.74, 6) is 0.0230. The molecule has 3 heterocycles. The molecule has 5 aromatic rings. The summed E-state index contributed by atoms with van der Waals surface area (Å²) < 4.78 is 1.52. The molecule has 1 aliphatic rings. The Morgan fingerprint density at radius 3 is 2.59 bits per heavy atom. The first-order valence-corrected chi connectivity index (χ1v) is 13.1. The summed E-state index contributed by atoms with van der Waals surface area (Å²) >= 11 is 7.07. The van der Waals surface area contributed by atoms with Crippen LogP contribution in [0, 0.1) is 0 Å². The van der Waals surface area contributed by atoms with Crippen LogP contribution in [0.25, 0.3) is 27.5 Å². The number of rotatable bonds is 6. The molecule has 196 valence electrons. The smallest absolute Gasteiger partial charge is 0.264 e. The predicted molar refractivity (Wildman–Crippen MR) is 152 cm³/mol. The van der Waals surface area contributed by atoms with Crippen LogP contribution < -0.4 is 21.6 Å². The van der Waals surface area contributed by atoms with Crippen molar-refractivity contribution in [3.63, 3.8) is 0 Å². The third-order valence-electron chi connectivity index (χ3n) is 7.19. The summed E-state index contributed by atoms with van der Waals surface area (Å²) in [5.41, 5.74) is 1.13. The minimum absolute atomic E-state index is 0.119. The van der Waals surface area contributed by atoms with Gasteiger partial charge in [0.25, 0.3) is 11.5 Å². The second kappa shape index (κ2) is 9.99. The van der Waals surface area contributed by atoms with Crippen molar-refractivity contribution in [1.82, 2.24) is 24.8 Å². The van der Waals surface area contributed by atoms with E-state index in [2.05, 4.69) is 25.6 Å². The molecule has 0 bridgehead atoms. The number of fused-ring (bicyclic) bond motifs is 2. The largest absolute Gasteiger partial charge is 0.361 e. The van der Waals surface area contributed by atoms with E-state index in [1.165, 1.54) is 23.2 Å². The highest BCUT2D eigenvalue weighted by Gasteiger charge is 2.27. The molecule has 2 aromatic carbocycles. The number of para-hydroxylation sites is 1. The van der Waals surface area contributed by atoms with Gasteiger partial charge in [-0.3, -0.25) is 19.0 Å². The highest BCUT2D eigenvalue weighted by Crippen LogP contribution is 2.34. The van der Waals surface area contributed by atoms with Crippen LogP contribution in [-0.4, -0.2) is 31.5 Å². The summed E-state index contributed by atoms with van der Waals surface area (Å²) in [6.45, 7) is 1.84. The number of aromatic nitrogens is 4. The van der Waals surface area contributed by atoms with Crippen LogP contribution in [-0.2, 0) is 0 Å². The molecule has 39 heavy (non-hydrogen) atoms. The Balaban J connectivity index is 1.55. The lowest BCUT2D eigenvalue weighted by Gasteiger charge is -2.27. The molecule has 1 amide bonds. The molecule has 0 radical (unpaired) electrons. The first-order chi connectivity index (χ1) is 18.9. The Morgan fingerprint density at radius 2 is 1.85 bits per heavy atom. The SMILES string of the molecule is C[C@H](Nc1ncnc2[nH]ccc(=O)c12)c1c(Cl)c2cccc(C(=O)NC3CCC3)c2c(=O)n1-c1ccccc1. The van der Waals surface area contributed by atoms with Gasteiger partial charge in [0, 0.05) is 29.4 Å². The third-order valence-corrected chi connectivity index (χ3v) is 7.59. The predicted octanol–water partition coefficient (Wildman–Crippen LogP) is 4.73. The van der Waals surface area contributed by atoms with Crippen molar-refractivity contribution in [2.75, 3.05) is 5.32 Å². The number of pyridine rings is 2. The standard InChI is InChI=1S/C29H25ClN6O3/c1-16(34-27-23-21(37)13-14-31-26(23)32-15-33-27)25-24(30)19-11-6-12-20(28(38)35-17-7-5-8-17)22(19)29(39)36(25)18-9-3-2-4-10-18/h2-4,6,9-17H,5,7-8H2,1H3,(H,35,38)(H2,31,32,33,34,37)/t16-/m0/s1. The zero-order chi connectivity index (χ0) is 27.1. The maximum Gasteiger partial charge on any atom is 0.264 e. The molecule has 1 aliphatic carbocycles. The number of benzene rings is 2. The number of H-pyrrole nitrogens is 1. The van der Waals surface area contributed by atoms with Crippen LogP contribution in [0.2, 0.25) is 5.02 Å². The third kappa shape index (κ3) is 4.34. The van der Waals surface area contributed by atoms with Gasteiger partial charge in [0.1, 0.15) is 23.2 Å². The zero-order valence-electron chi connectivity index (χ0n) is 21.1. The molecule has 9 nitrogen and oxygen atoms in total. The van der Waals surface area contributed by atoms with Crippen molar-refractivity contribution >= 4 is 45.1 Å². The van der Waals surface area contributed by atoms with Gasteiger partial charge in [-0.05, 0) is 44.4 Å². The number of hydrogen-bond donors (Lipinski definition) is 3.